The van der Waals surface area contributed by atoms with Gasteiger partial charge in [0.2, 0.25) is 0 Å². The van der Waals surface area contributed by atoms with Crippen LogP contribution in [0.2, 0.25) is 15.1 Å². The van der Waals surface area contributed by atoms with Crippen LogP contribution in [0.4, 0.5) is 5.69 Å². The molecule has 120 valence electrons. The van der Waals surface area contributed by atoms with Crippen LogP contribution in [0.15, 0.2) is 42.5 Å². The van der Waals surface area contributed by atoms with Gasteiger partial charge in [0.05, 0.1) is 20.6 Å². The van der Waals surface area contributed by atoms with Crippen LogP contribution in [0.1, 0.15) is 10.4 Å². The van der Waals surface area contributed by atoms with E-state index in [0.717, 1.165) is 0 Å². The molecule has 0 atom stereocenters. The highest BCUT2D eigenvalue weighted by Crippen LogP contribution is 2.31. The maximum absolute atomic E-state index is 12.1. The molecule has 7 heteroatoms. The number of hydrogen-bond acceptors (Lipinski definition) is 3. The van der Waals surface area contributed by atoms with Gasteiger partial charge in [-0.2, -0.15) is 0 Å². The lowest BCUT2D eigenvalue weighted by molar-refractivity contribution is -0.121. The van der Waals surface area contributed by atoms with Crippen molar-refractivity contribution < 1.29 is 14.3 Å². The fourth-order valence-corrected chi connectivity index (χ4v) is 2.49. The van der Waals surface area contributed by atoms with Gasteiger partial charge in [0.25, 0.3) is 5.91 Å². The zero-order valence-electron chi connectivity index (χ0n) is 12.1. The van der Waals surface area contributed by atoms with Crippen LogP contribution in [0.3, 0.4) is 0 Å². The number of likely N-dealkylation sites (N-methyl/N-ethyl adjacent to an activating group) is 1. The van der Waals surface area contributed by atoms with E-state index in [9.17, 15) is 9.59 Å². The third-order valence-electron chi connectivity index (χ3n) is 3.09. The lowest BCUT2D eigenvalue weighted by Crippen LogP contribution is -2.31. The molecule has 23 heavy (non-hydrogen) atoms. The predicted molar refractivity (Wildman–Crippen MR) is 91.6 cm³/mol. The summed E-state index contributed by atoms with van der Waals surface area (Å²) in [7, 11) is 1.59. The molecule has 0 spiro atoms. The predicted octanol–water partition coefficient (Wildman–Crippen LogP) is 4.47. The molecule has 0 bridgehead atoms. The van der Waals surface area contributed by atoms with Gasteiger partial charge in [-0.25, -0.2) is 4.79 Å². The zero-order chi connectivity index (χ0) is 17.0. The Morgan fingerprint density at radius 3 is 2.26 bits per heavy atom. The number of esters is 1. The summed E-state index contributed by atoms with van der Waals surface area (Å²) in [4.78, 5) is 25.5. The first-order valence-electron chi connectivity index (χ1n) is 6.54. The van der Waals surface area contributed by atoms with E-state index in [1.54, 1.807) is 31.3 Å². The van der Waals surface area contributed by atoms with Gasteiger partial charge in [0.15, 0.2) is 6.61 Å². The number of nitrogens with zero attached hydrogens (tertiary/aromatic N) is 1. The standard InChI is InChI=1S/C16H12Cl3NO3/c1-20(10-5-3-2-4-6-10)13(21)9-23-16(22)14-11(17)7-8-12(18)15(14)19/h2-8H,9H2,1H3. The lowest BCUT2D eigenvalue weighted by atomic mass is 10.2. The van der Waals surface area contributed by atoms with Crippen molar-refractivity contribution in [2.75, 3.05) is 18.6 Å². The first kappa shape index (κ1) is 17.6. The third-order valence-corrected chi connectivity index (χ3v) is 4.21. The Morgan fingerprint density at radius 1 is 1.00 bits per heavy atom. The summed E-state index contributed by atoms with van der Waals surface area (Å²) in [5.74, 6) is -1.20. The second-order valence-corrected chi connectivity index (χ2v) is 5.77. The largest absolute Gasteiger partial charge is 0.452 e. The number of halogens is 3. The molecule has 0 fully saturated rings. The van der Waals surface area contributed by atoms with Crippen LogP contribution in [-0.4, -0.2) is 25.5 Å². The highest BCUT2D eigenvalue weighted by Gasteiger charge is 2.20. The van der Waals surface area contributed by atoms with Gasteiger partial charge in [0.1, 0.15) is 0 Å². The summed E-state index contributed by atoms with van der Waals surface area (Å²) in [6, 6.07) is 11.9. The van der Waals surface area contributed by atoms with Gasteiger partial charge in [-0.05, 0) is 24.3 Å². The van der Waals surface area contributed by atoms with Crippen LogP contribution in [-0.2, 0) is 9.53 Å². The third kappa shape index (κ3) is 4.16. The number of para-hydroxylation sites is 1. The molecule has 0 unspecified atom stereocenters. The van der Waals surface area contributed by atoms with Crippen molar-refractivity contribution >= 4 is 52.4 Å². The number of carbonyl (C=O) groups excluding carboxylic acids is 2. The summed E-state index contributed by atoms with van der Waals surface area (Å²) >= 11 is 17.7. The highest BCUT2D eigenvalue weighted by molar-refractivity contribution is 6.46. The average molecular weight is 373 g/mol. The molecule has 4 nitrogen and oxygen atoms in total. The number of amides is 1. The SMILES string of the molecule is CN(C(=O)COC(=O)c1c(Cl)ccc(Cl)c1Cl)c1ccccc1. The van der Waals surface area contributed by atoms with Crippen molar-refractivity contribution in [3.05, 3.63) is 63.1 Å². The lowest BCUT2D eigenvalue weighted by Gasteiger charge is -2.17. The first-order valence-corrected chi connectivity index (χ1v) is 7.67. The Labute approximate surface area is 148 Å². The number of benzene rings is 2. The monoisotopic (exact) mass is 371 g/mol. The smallest absolute Gasteiger partial charge is 0.341 e. The van der Waals surface area contributed by atoms with Gasteiger partial charge >= 0.3 is 5.97 Å². The normalized spacial score (nSPS) is 10.3. The van der Waals surface area contributed by atoms with Gasteiger partial charge in [-0.3, -0.25) is 4.79 Å². The number of rotatable bonds is 4. The Hall–Kier alpha value is -1.75. The summed E-state index contributed by atoms with van der Waals surface area (Å²) in [5.41, 5.74) is 0.628. The molecule has 0 aliphatic rings. The van der Waals surface area contributed by atoms with Crippen LogP contribution in [0.5, 0.6) is 0 Å². The number of carbonyl (C=O) groups is 2. The van der Waals surface area contributed by atoms with E-state index in [-0.39, 0.29) is 26.5 Å². The molecule has 2 aromatic carbocycles. The summed E-state index contributed by atoms with van der Waals surface area (Å²) in [6.45, 7) is -0.441. The van der Waals surface area contributed by atoms with E-state index in [2.05, 4.69) is 0 Å². The Morgan fingerprint density at radius 2 is 1.61 bits per heavy atom. The molecule has 2 rings (SSSR count). The molecule has 0 saturated heterocycles. The topological polar surface area (TPSA) is 46.6 Å². The molecule has 0 aliphatic heterocycles. The maximum Gasteiger partial charge on any atom is 0.341 e. The molecule has 0 saturated carbocycles. The van der Waals surface area contributed by atoms with Crippen molar-refractivity contribution in [2.45, 2.75) is 0 Å². The van der Waals surface area contributed by atoms with Crippen LogP contribution >= 0.6 is 34.8 Å². The van der Waals surface area contributed by atoms with Gasteiger partial charge in [-0.15, -0.1) is 0 Å². The van der Waals surface area contributed by atoms with Gasteiger partial charge in [-0.1, -0.05) is 53.0 Å². The maximum atomic E-state index is 12.1. The quantitative estimate of drug-likeness (QED) is 0.588. The Kier molecular flexibility index (Phi) is 5.88. The Balaban J connectivity index is 2.05. The number of hydrogen-bond donors (Lipinski definition) is 0. The number of anilines is 1. The van der Waals surface area contributed by atoms with Crippen molar-refractivity contribution in [3.8, 4) is 0 Å². The van der Waals surface area contributed by atoms with E-state index < -0.39 is 12.6 Å². The fraction of sp³-hybridized carbons (Fsp3) is 0.125. The molecule has 0 aliphatic carbocycles. The minimum Gasteiger partial charge on any atom is -0.452 e. The van der Waals surface area contributed by atoms with E-state index in [1.165, 1.54) is 17.0 Å². The van der Waals surface area contributed by atoms with Crippen molar-refractivity contribution in [3.63, 3.8) is 0 Å². The molecule has 0 heterocycles. The van der Waals surface area contributed by atoms with Crippen molar-refractivity contribution in [2.24, 2.45) is 0 Å². The first-order chi connectivity index (χ1) is 10.9. The second-order valence-electron chi connectivity index (χ2n) is 4.58. The van der Waals surface area contributed by atoms with Crippen molar-refractivity contribution in [1.29, 1.82) is 0 Å². The average Bonchev–Trinajstić information content (AvgIpc) is 2.56. The van der Waals surface area contributed by atoms with E-state index in [4.69, 9.17) is 39.5 Å². The minimum atomic E-state index is -0.808. The Bertz CT molecular complexity index is 735. The van der Waals surface area contributed by atoms with Gasteiger partial charge in [0, 0.05) is 12.7 Å². The zero-order valence-corrected chi connectivity index (χ0v) is 14.3. The highest BCUT2D eigenvalue weighted by atomic mass is 35.5. The molecular weight excluding hydrogens is 361 g/mol. The second kappa shape index (κ2) is 7.68. The number of ether oxygens (including phenoxy) is 1. The van der Waals surface area contributed by atoms with Crippen LogP contribution in [0, 0.1) is 0 Å². The minimum absolute atomic E-state index is 0.00645. The van der Waals surface area contributed by atoms with Gasteiger partial charge < -0.3 is 9.64 Å². The summed E-state index contributed by atoms with van der Waals surface area (Å²) in [6.07, 6.45) is 0. The summed E-state index contributed by atoms with van der Waals surface area (Å²) in [5, 5.41) is 0.275. The molecule has 1 amide bonds. The van der Waals surface area contributed by atoms with Crippen LogP contribution < -0.4 is 4.90 Å². The molecular formula is C16H12Cl3NO3. The van der Waals surface area contributed by atoms with Crippen molar-refractivity contribution in [1.82, 2.24) is 0 Å². The van der Waals surface area contributed by atoms with E-state index in [1.807, 2.05) is 6.07 Å². The van der Waals surface area contributed by atoms with E-state index >= 15 is 0 Å². The molecule has 0 radical (unpaired) electrons. The molecule has 0 aromatic heterocycles. The fourth-order valence-electron chi connectivity index (χ4n) is 1.81. The molecule has 2 aromatic rings. The molecule has 0 N–H and O–H groups in total. The van der Waals surface area contributed by atoms with Crippen LogP contribution in [0.25, 0.3) is 0 Å². The van der Waals surface area contributed by atoms with E-state index in [0.29, 0.717) is 5.69 Å². The summed E-state index contributed by atoms with van der Waals surface area (Å²) < 4.78 is 4.99.